The zero-order chi connectivity index (χ0) is 10.3. The number of hydrogen-bond donors (Lipinski definition) is 0. The van der Waals surface area contributed by atoms with Crippen molar-refractivity contribution >= 4 is 0 Å². The van der Waals surface area contributed by atoms with Crippen LogP contribution in [-0.2, 0) is 0 Å². The maximum atomic E-state index is 8.89. The van der Waals surface area contributed by atoms with Crippen molar-refractivity contribution in [2.24, 2.45) is 11.8 Å². The van der Waals surface area contributed by atoms with Crippen molar-refractivity contribution in [3.8, 4) is 6.07 Å². The first-order valence-corrected chi connectivity index (χ1v) is 5.20. The summed E-state index contributed by atoms with van der Waals surface area (Å²) in [7, 11) is 2.10. The van der Waals surface area contributed by atoms with Gasteiger partial charge in [0.15, 0.2) is 0 Å². The van der Waals surface area contributed by atoms with Crippen molar-refractivity contribution < 1.29 is 0 Å². The highest BCUT2D eigenvalue weighted by Gasteiger charge is 2.13. The minimum absolute atomic E-state index is 0.182. The number of hydrogen-bond acceptors (Lipinski definition) is 2. The molecule has 0 aromatic rings. The molecule has 13 heavy (non-hydrogen) atoms. The summed E-state index contributed by atoms with van der Waals surface area (Å²) in [5.74, 6) is 0.649. The van der Waals surface area contributed by atoms with E-state index >= 15 is 0 Å². The van der Waals surface area contributed by atoms with E-state index in [1.807, 2.05) is 0 Å². The Bertz CT molecular complexity index is 158. The van der Waals surface area contributed by atoms with Crippen LogP contribution in [0.15, 0.2) is 0 Å². The van der Waals surface area contributed by atoms with Crippen LogP contribution in [0, 0.1) is 23.2 Å². The molecule has 0 spiro atoms. The molecule has 0 saturated carbocycles. The van der Waals surface area contributed by atoms with Crippen molar-refractivity contribution in [1.82, 2.24) is 4.90 Å². The van der Waals surface area contributed by atoms with Crippen molar-refractivity contribution in [3.05, 3.63) is 0 Å². The van der Waals surface area contributed by atoms with E-state index < -0.39 is 0 Å². The lowest BCUT2D eigenvalue weighted by molar-refractivity contribution is 0.269. The minimum atomic E-state index is 0.182. The average Bonchev–Trinajstić information content (AvgIpc) is 2.10. The van der Waals surface area contributed by atoms with E-state index in [2.05, 4.69) is 38.8 Å². The Labute approximate surface area is 82.5 Å². The molecule has 0 radical (unpaired) electrons. The summed E-state index contributed by atoms with van der Waals surface area (Å²) in [6, 6.07) is 2.37. The maximum absolute atomic E-state index is 8.89. The number of nitrogens with zero attached hydrogens (tertiary/aromatic N) is 2. The molecule has 0 heterocycles. The molecule has 0 aromatic heterocycles. The second-order valence-corrected chi connectivity index (χ2v) is 4.10. The molecule has 1 atom stereocenters. The molecular weight excluding hydrogens is 160 g/mol. The summed E-state index contributed by atoms with van der Waals surface area (Å²) >= 11 is 0. The van der Waals surface area contributed by atoms with Crippen molar-refractivity contribution in [3.63, 3.8) is 0 Å². The van der Waals surface area contributed by atoms with Crippen LogP contribution in [0.5, 0.6) is 0 Å². The van der Waals surface area contributed by atoms with Gasteiger partial charge in [-0.25, -0.2) is 0 Å². The largest absolute Gasteiger partial charge is 0.305 e. The summed E-state index contributed by atoms with van der Waals surface area (Å²) in [4.78, 5) is 2.26. The third kappa shape index (κ3) is 5.65. The van der Waals surface area contributed by atoms with Gasteiger partial charge in [0.2, 0.25) is 0 Å². The third-order valence-electron chi connectivity index (χ3n) is 2.37. The minimum Gasteiger partial charge on any atom is -0.305 e. The highest BCUT2D eigenvalue weighted by molar-refractivity contribution is 4.86. The van der Waals surface area contributed by atoms with Crippen LogP contribution in [0.3, 0.4) is 0 Å². The Kier molecular flexibility index (Phi) is 6.62. The first-order valence-electron chi connectivity index (χ1n) is 5.20. The summed E-state index contributed by atoms with van der Waals surface area (Å²) in [6.45, 7) is 8.44. The molecule has 0 rings (SSSR count). The number of nitriles is 1. The van der Waals surface area contributed by atoms with Crippen molar-refractivity contribution in [2.75, 3.05) is 20.1 Å². The molecule has 0 amide bonds. The van der Waals surface area contributed by atoms with E-state index in [1.165, 1.54) is 12.8 Å². The predicted molar refractivity (Wildman–Crippen MR) is 56.3 cm³/mol. The zero-order valence-electron chi connectivity index (χ0n) is 9.38. The lowest BCUT2D eigenvalue weighted by Crippen LogP contribution is -2.28. The van der Waals surface area contributed by atoms with Crippen LogP contribution >= 0.6 is 0 Å². The van der Waals surface area contributed by atoms with Gasteiger partial charge in [0.05, 0.1) is 12.0 Å². The van der Waals surface area contributed by atoms with Gasteiger partial charge in [-0.1, -0.05) is 27.2 Å². The van der Waals surface area contributed by atoms with Crippen LogP contribution in [0.4, 0.5) is 0 Å². The summed E-state index contributed by atoms with van der Waals surface area (Å²) in [5, 5.41) is 8.89. The second-order valence-electron chi connectivity index (χ2n) is 4.10. The topological polar surface area (TPSA) is 27.0 Å². The van der Waals surface area contributed by atoms with Gasteiger partial charge in [-0.2, -0.15) is 5.26 Å². The van der Waals surface area contributed by atoms with Crippen LogP contribution in [0.2, 0.25) is 0 Å². The Morgan fingerprint density at radius 2 is 2.00 bits per heavy atom. The lowest BCUT2D eigenvalue weighted by Gasteiger charge is -2.21. The average molecular weight is 182 g/mol. The molecule has 76 valence electrons. The molecule has 0 saturated heterocycles. The summed E-state index contributed by atoms with van der Waals surface area (Å²) in [6.07, 6.45) is 2.45. The van der Waals surface area contributed by atoms with Crippen LogP contribution in [-0.4, -0.2) is 25.0 Å². The number of unbranched alkanes of at least 4 members (excludes halogenated alkanes) is 1. The molecule has 1 unspecified atom stereocenters. The lowest BCUT2D eigenvalue weighted by atomic mass is 9.97. The Hall–Kier alpha value is -0.550. The fourth-order valence-corrected chi connectivity index (χ4v) is 1.26. The predicted octanol–water partition coefficient (Wildman–Crippen LogP) is 2.51. The first kappa shape index (κ1) is 12.4. The molecule has 0 aliphatic carbocycles. The molecule has 0 aliphatic heterocycles. The molecule has 2 nitrogen and oxygen atoms in total. The summed E-state index contributed by atoms with van der Waals surface area (Å²) < 4.78 is 0. The highest BCUT2D eigenvalue weighted by atomic mass is 15.1. The van der Waals surface area contributed by atoms with Gasteiger partial charge >= 0.3 is 0 Å². The van der Waals surface area contributed by atoms with Crippen molar-refractivity contribution in [2.45, 2.75) is 33.6 Å². The Balaban J connectivity index is 3.75. The van der Waals surface area contributed by atoms with Crippen LogP contribution in [0.25, 0.3) is 0 Å². The standard InChI is InChI=1S/C11H22N2/c1-5-6-7-13(4)9-11(8-12)10(2)3/h10-11H,5-7,9H2,1-4H3. The number of rotatable bonds is 6. The molecule has 0 aromatic carbocycles. The smallest absolute Gasteiger partial charge is 0.0671 e. The van der Waals surface area contributed by atoms with Gasteiger partial charge in [0.1, 0.15) is 0 Å². The Morgan fingerprint density at radius 1 is 1.38 bits per heavy atom. The molecule has 0 N–H and O–H groups in total. The molecule has 2 heteroatoms. The van der Waals surface area contributed by atoms with E-state index in [1.54, 1.807) is 0 Å². The highest BCUT2D eigenvalue weighted by Crippen LogP contribution is 2.10. The normalized spacial score (nSPS) is 13.3. The van der Waals surface area contributed by atoms with Crippen LogP contribution < -0.4 is 0 Å². The Morgan fingerprint density at radius 3 is 2.38 bits per heavy atom. The SMILES string of the molecule is CCCCN(C)CC(C#N)C(C)C. The van der Waals surface area contributed by atoms with E-state index in [0.29, 0.717) is 5.92 Å². The fraction of sp³-hybridized carbons (Fsp3) is 0.909. The molecule has 0 bridgehead atoms. The summed E-state index contributed by atoms with van der Waals surface area (Å²) in [5.41, 5.74) is 0. The van der Waals surface area contributed by atoms with E-state index in [4.69, 9.17) is 5.26 Å². The van der Waals surface area contributed by atoms with Gasteiger partial charge in [0, 0.05) is 6.54 Å². The van der Waals surface area contributed by atoms with Crippen LogP contribution in [0.1, 0.15) is 33.6 Å². The first-order chi connectivity index (χ1) is 6.11. The van der Waals surface area contributed by atoms with Gasteiger partial charge in [-0.15, -0.1) is 0 Å². The monoisotopic (exact) mass is 182 g/mol. The van der Waals surface area contributed by atoms with Crippen molar-refractivity contribution in [1.29, 1.82) is 5.26 Å². The van der Waals surface area contributed by atoms with Gasteiger partial charge in [-0.3, -0.25) is 0 Å². The molecular formula is C11H22N2. The molecule has 0 aliphatic rings. The van der Waals surface area contributed by atoms with Gasteiger partial charge in [-0.05, 0) is 25.9 Å². The van der Waals surface area contributed by atoms with E-state index in [0.717, 1.165) is 13.1 Å². The third-order valence-corrected chi connectivity index (χ3v) is 2.37. The zero-order valence-corrected chi connectivity index (χ0v) is 9.38. The van der Waals surface area contributed by atoms with E-state index in [9.17, 15) is 0 Å². The van der Waals surface area contributed by atoms with Gasteiger partial charge < -0.3 is 4.90 Å². The quantitative estimate of drug-likeness (QED) is 0.631. The molecule has 0 fully saturated rings. The van der Waals surface area contributed by atoms with Gasteiger partial charge in [0.25, 0.3) is 0 Å². The fourth-order valence-electron chi connectivity index (χ4n) is 1.26. The maximum Gasteiger partial charge on any atom is 0.0671 e. The second kappa shape index (κ2) is 6.91. The van der Waals surface area contributed by atoms with E-state index in [-0.39, 0.29) is 5.92 Å².